The number of hydrogen-bond donors (Lipinski definition) is 1. The van der Waals surface area contributed by atoms with Crippen LogP contribution in [-0.4, -0.2) is 48.0 Å². The van der Waals surface area contributed by atoms with Gasteiger partial charge in [0, 0.05) is 36.3 Å². The van der Waals surface area contributed by atoms with Crippen molar-refractivity contribution in [1.29, 1.82) is 0 Å². The number of nitrogens with one attached hydrogen (secondary N) is 1. The second-order valence-corrected chi connectivity index (χ2v) is 7.28. The monoisotopic (exact) mass is 385 g/mol. The smallest absolute Gasteiger partial charge is 0.194 e. The van der Waals surface area contributed by atoms with Crippen LogP contribution in [0.4, 0.5) is 0 Å². The van der Waals surface area contributed by atoms with Crippen molar-refractivity contribution in [1.82, 2.24) is 10.2 Å². The van der Waals surface area contributed by atoms with E-state index in [0.717, 1.165) is 19.0 Å². The van der Waals surface area contributed by atoms with Crippen molar-refractivity contribution in [3.63, 3.8) is 0 Å². The summed E-state index contributed by atoms with van der Waals surface area (Å²) in [6.45, 7) is 13.5. The van der Waals surface area contributed by atoms with Crippen LogP contribution in [0.25, 0.3) is 0 Å². The summed E-state index contributed by atoms with van der Waals surface area (Å²) in [6, 6.07) is 0. The summed E-state index contributed by atoms with van der Waals surface area (Å²) in [5.41, 5.74) is 0.535. The first kappa shape index (κ1) is 18.4. The molecule has 0 aromatic carbocycles. The van der Waals surface area contributed by atoms with Crippen LogP contribution in [0.2, 0.25) is 0 Å². The molecular formula is C13H28IN3S. The molecule has 1 atom stereocenters. The molecule has 1 N–H and O–H groups in total. The van der Waals surface area contributed by atoms with Crippen LogP contribution in [-0.2, 0) is 0 Å². The average molecular weight is 385 g/mol. The van der Waals surface area contributed by atoms with Gasteiger partial charge in [0.15, 0.2) is 5.96 Å². The Balaban J connectivity index is 0.00000289. The number of hydrogen-bond acceptors (Lipinski definition) is 2. The zero-order valence-electron chi connectivity index (χ0n) is 12.7. The Hall–Kier alpha value is 0.350. The minimum atomic E-state index is 0. The molecule has 0 aliphatic carbocycles. The van der Waals surface area contributed by atoms with Crippen molar-refractivity contribution in [2.45, 2.75) is 45.4 Å². The molecule has 0 amide bonds. The quantitative estimate of drug-likeness (QED) is 0.460. The maximum Gasteiger partial charge on any atom is 0.194 e. The van der Waals surface area contributed by atoms with E-state index in [0.29, 0.717) is 10.7 Å². The van der Waals surface area contributed by atoms with Gasteiger partial charge in [-0.2, -0.15) is 11.8 Å². The lowest BCUT2D eigenvalue weighted by molar-refractivity contribution is -0.0666. The second kappa shape index (κ2) is 6.68. The van der Waals surface area contributed by atoms with Crippen molar-refractivity contribution in [3.05, 3.63) is 0 Å². The molecular weight excluding hydrogens is 357 g/mol. The molecule has 5 heteroatoms. The maximum absolute atomic E-state index is 4.40. The van der Waals surface area contributed by atoms with Gasteiger partial charge in [-0.3, -0.25) is 4.99 Å². The molecule has 1 fully saturated rings. The molecule has 3 nitrogen and oxygen atoms in total. The van der Waals surface area contributed by atoms with Gasteiger partial charge in [0.2, 0.25) is 0 Å². The number of rotatable bonds is 3. The Kier molecular flexibility index (Phi) is 6.81. The first-order valence-corrected chi connectivity index (χ1v) is 7.56. The van der Waals surface area contributed by atoms with Crippen LogP contribution >= 0.6 is 35.7 Å². The zero-order chi connectivity index (χ0) is 13.3. The molecule has 1 aliphatic heterocycles. The minimum Gasteiger partial charge on any atom is -0.355 e. The SMILES string of the molecule is CN=C(NCC(C)SC)N1CC(C)(C)C1(C)C.I. The van der Waals surface area contributed by atoms with Crippen LogP contribution in [0.5, 0.6) is 0 Å². The molecule has 0 bridgehead atoms. The largest absolute Gasteiger partial charge is 0.355 e. The van der Waals surface area contributed by atoms with Crippen molar-refractivity contribution in [3.8, 4) is 0 Å². The molecule has 1 rings (SSSR count). The fraction of sp³-hybridized carbons (Fsp3) is 0.923. The molecule has 1 saturated heterocycles. The summed E-state index contributed by atoms with van der Waals surface area (Å²) in [4.78, 5) is 6.77. The Morgan fingerprint density at radius 3 is 2.28 bits per heavy atom. The third kappa shape index (κ3) is 3.46. The number of thioether (sulfide) groups is 1. The normalized spacial score (nSPS) is 22.8. The minimum absolute atomic E-state index is 0. The summed E-state index contributed by atoms with van der Waals surface area (Å²) in [7, 11) is 1.87. The third-order valence-corrected chi connectivity index (χ3v) is 5.27. The van der Waals surface area contributed by atoms with E-state index in [9.17, 15) is 0 Å². The van der Waals surface area contributed by atoms with E-state index < -0.39 is 0 Å². The van der Waals surface area contributed by atoms with E-state index in [1.807, 2.05) is 18.8 Å². The van der Waals surface area contributed by atoms with Gasteiger partial charge in [-0.15, -0.1) is 24.0 Å². The highest BCUT2D eigenvalue weighted by atomic mass is 127. The van der Waals surface area contributed by atoms with Crippen LogP contribution < -0.4 is 5.32 Å². The number of likely N-dealkylation sites (tertiary alicyclic amines) is 1. The van der Waals surface area contributed by atoms with Gasteiger partial charge in [0.05, 0.1) is 0 Å². The first-order valence-electron chi connectivity index (χ1n) is 6.27. The summed E-state index contributed by atoms with van der Waals surface area (Å²) in [5, 5.41) is 4.09. The van der Waals surface area contributed by atoms with Gasteiger partial charge >= 0.3 is 0 Å². The molecule has 108 valence electrons. The van der Waals surface area contributed by atoms with Gasteiger partial charge in [0.25, 0.3) is 0 Å². The molecule has 1 unspecified atom stereocenters. The number of nitrogens with zero attached hydrogens (tertiary/aromatic N) is 2. The van der Waals surface area contributed by atoms with Crippen molar-refractivity contribution >= 4 is 41.7 Å². The lowest BCUT2D eigenvalue weighted by atomic mass is 9.65. The van der Waals surface area contributed by atoms with Gasteiger partial charge in [-0.1, -0.05) is 20.8 Å². The average Bonchev–Trinajstić information content (AvgIpc) is 2.27. The Labute approximate surface area is 134 Å². The molecule has 0 radical (unpaired) electrons. The summed E-state index contributed by atoms with van der Waals surface area (Å²) < 4.78 is 0. The number of guanidine groups is 1. The van der Waals surface area contributed by atoms with Gasteiger partial charge in [0.1, 0.15) is 0 Å². The van der Waals surface area contributed by atoms with Gasteiger partial charge < -0.3 is 10.2 Å². The molecule has 0 saturated carbocycles. The van der Waals surface area contributed by atoms with Gasteiger partial charge in [-0.05, 0) is 20.1 Å². The van der Waals surface area contributed by atoms with E-state index >= 15 is 0 Å². The van der Waals surface area contributed by atoms with Crippen LogP contribution in [0, 0.1) is 5.41 Å². The lowest BCUT2D eigenvalue weighted by Gasteiger charge is -2.62. The number of halogens is 1. The fourth-order valence-electron chi connectivity index (χ4n) is 2.01. The van der Waals surface area contributed by atoms with E-state index in [2.05, 4.69) is 56.1 Å². The van der Waals surface area contributed by atoms with E-state index in [1.165, 1.54) is 0 Å². The molecule has 0 aromatic heterocycles. The second-order valence-electron chi connectivity index (χ2n) is 6.00. The third-order valence-electron chi connectivity index (χ3n) is 4.30. The predicted octanol–water partition coefficient (Wildman–Crippen LogP) is 3.05. The Morgan fingerprint density at radius 1 is 1.39 bits per heavy atom. The summed E-state index contributed by atoms with van der Waals surface area (Å²) in [5.74, 6) is 1.04. The molecule has 1 aliphatic rings. The zero-order valence-corrected chi connectivity index (χ0v) is 15.8. The molecule has 0 aromatic rings. The maximum atomic E-state index is 4.40. The highest BCUT2D eigenvalue weighted by Crippen LogP contribution is 2.46. The van der Waals surface area contributed by atoms with Crippen LogP contribution in [0.3, 0.4) is 0 Å². The molecule has 1 heterocycles. The lowest BCUT2D eigenvalue weighted by Crippen LogP contribution is -2.72. The standard InChI is InChI=1S/C13H27N3S.HI/c1-10(17-7)8-15-11(14-6)16-9-12(2,3)13(16,4)5;/h10H,8-9H2,1-7H3,(H,14,15);1H. The summed E-state index contributed by atoms with van der Waals surface area (Å²) in [6.07, 6.45) is 2.14. The van der Waals surface area contributed by atoms with E-state index in [-0.39, 0.29) is 29.5 Å². The number of aliphatic imine (C=N–C) groups is 1. The highest BCUT2D eigenvalue weighted by Gasteiger charge is 2.53. The molecule has 0 spiro atoms. The van der Waals surface area contributed by atoms with E-state index in [1.54, 1.807) is 0 Å². The van der Waals surface area contributed by atoms with Crippen molar-refractivity contribution in [2.24, 2.45) is 10.4 Å². The topological polar surface area (TPSA) is 27.6 Å². The fourth-order valence-corrected chi connectivity index (χ4v) is 2.26. The highest BCUT2D eigenvalue weighted by molar-refractivity contribution is 14.0. The molecule has 18 heavy (non-hydrogen) atoms. The Morgan fingerprint density at radius 2 is 1.94 bits per heavy atom. The van der Waals surface area contributed by atoms with Crippen molar-refractivity contribution < 1.29 is 0 Å². The van der Waals surface area contributed by atoms with E-state index in [4.69, 9.17) is 0 Å². The first-order chi connectivity index (χ1) is 7.76. The van der Waals surface area contributed by atoms with Crippen molar-refractivity contribution in [2.75, 3.05) is 26.4 Å². The predicted molar refractivity (Wildman–Crippen MR) is 94.3 cm³/mol. The van der Waals surface area contributed by atoms with Gasteiger partial charge in [-0.25, -0.2) is 0 Å². The van der Waals surface area contributed by atoms with Crippen LogP contribution in [0.1, 0.15) is 34.6 Å². The Bertz CT molecular complexity index is 303. The summed E-state index contributed by atoms with van der Waals surface area (Å²) >= 11 is 1.88. The van der Waals surface area contributed by atoms with Crippen LogP contribution in [0.15, 0.2) is 4.99 Å².